The molecular formula is C16H23ClN2S. The van der Waals surface area contributed by atoms with E-state index in [0.717, 1.165) is 41.7 Å². The standard InChI is InChI=1S/C16H23ClN2S/c1-16(2,3)13-6-7-19(10-13)9-12-5-4-11(15(18)20)8-14(12)17/h4-5,8,13H,6-7,9-10H2,1-3H3,(H2,18,20). The first-order valence-electron chi connectivity index (χ1n) is 7.08. The number of hydrogen-bond acceptors (Lipinski definition) is 2. The monoisotopic (exact) mass is 310 g/mol. The minimum Gasteiger partial charge on any atom is -0.389 e. The Hall–Kier alpha value is -0.640. The molecule has 1 aliphatic heterocycles. The van der Waals surface area contributed by atoms with Crippen molar-refractivity contribution in [3.63, 3.8) is 0 Å². The number of nitrogens with zero attached hydrogens (tertiary/aromatic N) is 1. The van der Waals surface area contributed by atoms with Gasteiger partial charge in [0.1, 0.15) is 4.99 Å². The number of thiocarbonyl (C=S) groups is 1. The SMILES string of the molecule is CC(C)(C)C1CCN(Cc2ccc(C(N)=S)cc2Cl)C1. The summed E-state index contributed by atoms with van der Waals surface area (Å²) < 4.78 is 0. The first kappa shape index (κ1) is 15.7. The quantitative estimate of drug-likeness (QED) is 0.860. The normalized spacial score (nSPS) is 20.3. The molecule has 1 fully saturated rings. The highest BCUT2D eigenvalue weighted by molar-refractivity contribution is 7.80. The van der Waals surface area contributed by atoms with Gasteiger partial charge in [-0.2, -0.15) is 0 Å². The van der Waals surface area contributed by atoms with Gasteiger partial charge >= 0.3 is 0 Å². The van der Waals surface area contributed by atoms with Gasteiger partial charge in [-0.05, 0) is 35.9 Å². The second kappa shape index (κ2) is 6.00. The molecule has 0 spiro atoms. The Morgan fingerprint density at radius 3 is 2.65 bits per heavy atom. The van der Waals surface area contributed by atoms with Crippen LogP contribution in [0.2, 0.25) is 5.02 Å². The van der Waals surface area contributed by atoms with Crippen LogP contribution in [-0.4, -0.2) is 23.0 Å². The zero-order valence-electron chi connectivity index (χ0n) is 12.4. The van der Waals surface area contributed by atoms with Gasteiger partial charge in [0.15, 0.2) is 0 Å². The number of halogens is 1. The third kappa shape index (κ3) is 3.72. The summed E-state index contributed by atoms with van der Waals surface area (Å²) in [5.74, 6) is 0.761. The van der Waals surface area contributed by atoms with Crippen LogP contribution in [0.4, 0.5) is 0 Å². The molecule has 1 unspecified atom stereocenters. The lowest BCUT2D eigenvalue weighted by Gasteiger charge is -2.27. The van der Waals surface area contributed by atoms with Crippen molar-refractivity contribution in [3.8, 4) is 0 Å². The molecule has 1 heterocycles. The molecule has 4 heteroatoms. The van der Waals surface area contributed by atoms with Crippen molar-refractivity contribution in [1.29, 1.82) is 0 Å². The molecule has 1 atom stereocenters. The average molecular weight is 311 g/mol. The van der Waals surface area contributed by atoms with Gasteiger partial charge in [0.2, 0.25) is 0 Å². The largest absolute Gasteiger partial charge is 0.389 e. The van der Waals surface area contributed by atoms with Gasteiger partial charge in [-0.3, -0.25) is 4.90 Å². The lowest BCUT2D eigenvalue weighted by Crippen LogP contribution is -2.25. The van der Waals surface area contributed by atoms with Crippen molar-refractivity contribution in [3.05, 3.63) is 34.3 Å². The highest BCUT2D eigenvalue weighted by atomic mass is 35.5. The second-order valence-corrected chi connectivity index (χ2v) is 7.60. The lowest BCUT2D eigenvalue weighted by atomic mass is 9.80. The van der Waals surface area contributed by atoms with E-state index in [4.69, 9.17) is 29.6 Å². The fraction of sp³-hybridized carbons (Fsp3) is 0.562. The van der Waals surface area contributed by atoms with Crippen molar-refractivity contribution in [2.75, 3.05) is 13.1 Å². The van der Waals surface area contributed by atoms with E-state index in [2.05, 4.69) is 25.7 Å². The Morgan fingerprint density at radius 1 is 1.45 bits per heavy atom. The zero-order chi connectivity index (χ0) is 14.9. The van der Waals surface area contributed by atoms with Gasteiger partial charge in [-0.25, -0.2) is 0 Å². The molecule has 0 saturated carbocycles. The molecular weight excluding hydrogens is 288 g/mol. The smallest absolute Gasteiger partial charge is 0.104 e. The fourth-order valence-electron chi connectivity index (χ4n) is 2.75. The second-order valence-electron chi connectivity index (χ2n) is 6.76. The zero-order valence-corrected chi connectivity index (χ0v) is 14.0. The van der Waals surface area contributed by atoms with Crippen LogP contribution < -0.4 is 5.73 Å². The van der Waals surface area contributed by atoms with Gasteiger partial charge in [0.25, 0.3) is 0 Å². The number of benzene rings is 1. The van der Waals surface area contributed by atoms with Crippen molar-refractivity contribution >= 4 is 28.8 Å². The van der Waals surface area contributed by atoms with Crippen LogP contribution in [0.25, 0.3) is 0 Å². The number of nitrogens with two attached hydrogens (primary N) is 1. The van der Waals surface area contributed by atoms with Crippen LogP contribution in [0.3, 0.4) is 0 Å². The van der Waals surface area contributed by atoms with Crippen molar-refractivity contribution in [1.82, 2.24) is 4.90 Å². The van der Waals surface area contributed by atoms with Gasteiger partial charge in [-0.15, -0.1) is 0 Å². The van der Waals surface area contributed by atoms with Gasteiger partial charge in [0, 0.05) is 23.7 Å². The highest BCUT2D eigenvalue weighted by Gasteiger charge is 2.31. The summed E-state index contributed by atoms with van der Waals surface area (Å²) in [5, 5.41) is 0.759. The molecule has 2 N–H and O–H groups in total. The molecule has 1 saturated heterocycles. The minimum atomic E-state index is 0.383. The first-order valence-corrected chi connectivity index (χ1v) is 7.86. The van der Waals surface area contributed by atoms with E-state index < -0.39 is 0 Å². The summed E-state index contributed by atoms with van der Waals surface area (Å²) in [6.07, 6.45) is 1.27. The maximum absolute atomic E-state index is 6.34. The predicted molar refractivity (Wildman–Crippen MR) is 90.2 cm³/mol. The number of rotatable bonds is 3. The molecule has 110 valence electrons. The lowest BCUT2D eigenvalue weighted by molar-refractivity contribution is 0.226. The molecule has 0 amide bonds. The summed E-state index contributed by atoms with van der Waals surface area (Å²) in [4.78, 5) is 2.88. The Morgan fingerprint density at radius 2 is 2.15 bits per heavy atom. The summed E-state index contributed by atoms with van der Waals surface area (Å²) in [7, 11) is 0. The van der Waals surface area contributed by atoms with Crippen molar-refractivity contribution in [2.24, 2.45) is 17.1 Å². The van der Waals surface area contributed by atoms with E-state index in [-0.39, 0.29) is 0 Å². The van der Waals surface area contributed by atoms with Crippen molar-refractivity contribution < 1.29 is 0 Å². The van der Waals surface area contributed by atoms with E-state index in [0.29, 0.717) is 10.4 Å². The molecule has 0 bridgehead atoms. The minimum absolute atomic E-state index is 0.383. The average Bonchev–Trinajstić information content (AvgIpc) is 2.80. The Labute approximate surface area is 132 Å². The Kier molecular flexibility index (Phi) is 4.73. The molecule has 2 rings (SSSR count). The van der Waals surface area contributed by atoms with Crippen molar-refractivity contribution in [2.45, 2.75) is 33.7 Å². The number of hydrogen-bond donors (Lipinski definition) is 1. The van der Waals surface area contributed by atoms with E-state index in [9.17, 15) is 0 Å². The summed E-state index contributed by atoms with van der Waals surface area (Å²) in [5.41, 5.74) is 8.00. The molecule has 0 aliphatic carbocycles. The maximum Gasteiger partial charge on any atom is 0.104 e. The van der Waals surface area contributed by atoms with E-state index in [1.807, 2.05) is 18.2 Å². The van der Waals surface area contributed by atoms with Crippen LogP contribution in [0.15, 0.2) is 18.2 Å². The topological polar surface area (TPSA) is 29.3 Å². The van der Waals surface area contributed by atoms with E-state index in [1.165, 1.54) is 6.42 Å². The third-order valence-electron chi connectivity index (χ3n) is 4.23. The van der Waals surface area contributed by atoms with Gasteiger partial charge < -0.3 is 5.73 Å². The van der Waals surface area contributed by atoms with E-state index in [1.54, 1.807) is 0 Å². The van der Waals surface area contributed by atoms with Crippen LogP contribution >= 0.6 is 23.8 Å². The van der Waals surface area contributed by atoms with Crippen LogP contribution in [0, 0.1) is 11.3 Å². The van der Waals surface area contributed by atoms with Gasteiger partial charge in [-0.1, -0.05) is 56.7 Å². The van der Waals surface area contributed by atoms with Crippen LogP contribution in [0.1, 0.15) is 38.3 Å². The molecule has 0 aromatic heterocycles. The summed E-state index contributed by atoms with van der Waals surface area (Å²) in [6, 6.07) is 5.87. The molecule has 1 aromatic carbocycles. The maximum atomic E-state index is 6.34. The molecule has 1 aromatic rings. The van der Waals surface area contributed by atoms with E-state index >= 15 is 0 Å². The Balaban J connectivity index is 2.03. The van der Waals surface area contributed by atoms with Crippen LogP contribution in [-0.2, 0) is 6.54 Å². The predicted octanol–water partition coefficient (Wildman–Crippen LogP) is 3.84. The van der Waals surface area contributed by atoms with Crippen LogP contribution in [0.5, 0.6) is 0 Å². The fourth-order valence-corrected chi connectivity index (χ4v) is 3.12. The third-order valence-corrected chi connectivity index (χ3v) is 4.82. The first-order chi connectivity index (χ1) is 9.27. The number of likely N-dealkylation sites (tertiary alicyclic amines) is 1. The summed E-state index contributed by atoms with van der Waals surface area (Å²) >= 11 is 11.3. The Bertz CT molecular complexity index is 508. The molecule has 20 heavy (non-hydrogen) atoms. The molecule has 1 aliphatic rings. The highest BCUT2D eigenvalue weighted by Crippen LogP contribution is 2.34. The molecule has 2 nitrogen and oxygen atoms in total. The molecule has 0 radical (unpaired) electrons. The summed E-state index contributed by atoms with van der Waals surface area (Å²) in [6.45, 7) is 10.2. The van der Waals surface area contributed by atoms with Gasteiger partial charge in [0.05, 0.1) is 0 Å².